The largest absolute Gasteiger partial charge is 0.375 e. The van der Waals surface area contributed by atoms with Gasteiger partial charge in [-0.25, -0.2) is 0 Å². The number of hydrogen-bond acceptors (Lipinski definition) is 3. The molecule has 0 unspecified atom stereocenters. The van der Waals surface area contributed by atoms with Crippen LogP contribution < -0.4 is 11.1 Å². The van der Waals surface area contributed by atoms with Crippen molar-refractivity contribution in [1.82, 2.24) is 5.32 Å². The van der Waals surface area contributed by atoms with Gasteiger partial charge in [0.1, 0.15) is 5.54 Å². The molecular weight excluding hydrogens is 168 g/mol. The third-order valence-corrected chi connectivity index (χ3v) is 1.55. The molecular formula is C9H16N2O2. The van der Waals surface area contributed by atoms with E-state index in [2.05, 4.69) is 5.32 Å². The first-order valence-corrected chi connectivity index (χ1v) is 4.02. The van der Waals surface area contributed by atoms with Crippen LogP contribution in [-0.2, 0) is 9.59 Å². The average Bonchev–Trinajstić information content (AvgIpc) is 1.82. The maximum atomic E-state index is 10.9. The molecule has 0 saturated heterocycles. The van der Waals surface area contributed by atoms with Gasteiger partial charge in [-0.1, -0.05) is 0 Å². The molecule has 3 N–H and O–H groups in total. The molecule has 0 aromatic carbocycles. The van der Waals surface area contributed by atoms with Crippen molar-refractivity contribution < 1.29 is 9.59 Å². The van der Waals surface area contributed by atoms with Crippen LogP contribution in [0.1, 0.15) is 27.7 Å². The summed E-state index contributed by atoms with van der Waals surface area (Å²) in [7, 11) is 0. The molecule has 0 saturated carbocycles. The Hall–Kier alpha value is -1.32. The second-order valence-electron chi connectivity index (χ2n) is 3.55. The number of primary amides is 1. The number of allylic oxidation sites excluding steroid dienone is 2. The number of hydrogen-bond donors (Lipinski definition) is 2. The molecule has 4 heteroatoms. The van der Waals surface area contributed by atoms with E-state index in [1.165, 1.54) is 13.0 Å². The SMILES string of the molecule is CC(=O)C=C(C)NC(C)(C)C(N)=O. The smallest absolute Gasteiger partial charge is 0.242 e. The fourth-order valence-electron chi connectivity index (χ4n) is 0.896. The topological polar surface area (TPSA) is 72.2 Å². The molecule has 0 radical (unpaired) electrons. The third-order valence-electron chi connectivity index (χ3n) is 1.55. The maximum absolute atomic E-state index is 10.9. The van der Waals surface area contributed by atoms with Crippen molar-refractivity contribution >= 4 is 11.7 Å². The van der Waals surface area contributed by atoms with Gasteiger partial charge in [-0.2, -0.15) is 0 Å². The molecule has 0 aliphatic carbocycles. The van der Waals surface area contributed by atoms with Gasteiger partial charge in [-0.15, -0.1) is 0 Å². The van der Waals surface area contributed by atoms with Crippen molar-refractivity contribution in [3.8, 4) is 0 Å². The van der Waals surface area contributed by atoms with Crippen molar-refractivity contribution in [2.24, 2.45) is 5.73 Å². The van der Waals surface area contributed by atoms with E-state index in [1.54, 1.807) is 20.8 Å². The number of amides is 1. The zero-order valence-electron chi connectivity index (χ0n) is 8.47. The minimum absolute atomic E-state index is 0.0646. The summed E-state index contributed by atoms with van der Waals surface area (Å²) in [5.41, 5.74) is 4.95. The summed E-state index contributed by atoms with van der Waals surface area (Å²) in [5, 5.41) is 2.85. The molecule has 0 spiro atoms. The molecule has 0 aliphatic heterocycles. The molecule has 4 nitrogen and oxygen atoms in total. The van der Waals surface area contributed by atoms with Crippen LogP contribution in [0, 0.1) is 0 Å². The highest BCUT2D eigenvalue weighted by Gasteiger charge is 2.23. The number of carbonyl (C=O) groups is 2. The van der Waals surface area contributed by atoms with E-state index in [0.717, 1.165) is 0 Å². The summed E-state index contributed by atoms with van der Waals surface area (Å²) in [5.74, 6) is -0.519. The molecule has 0 fully saturated rings. The normalized spacial score (nSPS) is 12.5. The van der Waals surface area contributed by atoms with E-state index in [-0.39, 0.29) is 5.78 Å². The van der Waals surface area contributed by atoms with Crippen LogP contribution in [0.4, 0.5) is 0 Å². The van der Waals surface area contributed by atoms with E-state index < -0.39 is 11.4 Å². The lowest BCUT2D eigenvalue weighted by atomic mass is 10.0. The van der Waals surface area contributed by atoms with Gasteiger partial charge in [-0.05, 0) is 33.8 Å². The van der Waals surface area contributed by atoms with Gasteiger partial charge in [0.25, 0.3) is 0 Å². The lowest BCUT2D eigenvalue weighted by molar-refractivity contribution is -0.123. The predicted octanol–water partition coefficient (Wildman–Crippen LogP) is 0.333. The monoisotopic (exact) mass is 184 g/mol. The van der Waals surface area contributed by atoms with Gasteiger partial charge in [0.15, 0.2) is 5.78 Å². The van der Waals surface area contributed by atoms with E-state index in [4.69, 9.17) is 5.73 Å². The Balaban J connectivity index is 4.45. The Labute approximate surface area is 78.2 Å². The Morgan fingerprint density at radius 3 is 2.08 bits per heavy atom. The van der Waals surface area contributed by atoms with Gasteiger partial charge in [0, 0.05) is 5.70 Å². The van der Waals surface area contributed by atoms with Crippen molar-refractivity contribution in [3.05, 3.63) is 11.8 Å². The number of rotatable bonds is 4. The van der Waals surface area contributed by atoms with E-state index in [9.17, 15) is 9.59 Å². The summed E-state index contributed by atoms with van der Waals surface area (Å²) in [6.45, 7) is 6.48. The van der Waals surface area contributed by atoms with Crippen molar-refractivity contribution in [3.63, 3.8) is 0 Å². The van der Waals surface area contributed by atoms with E-state index in [0.29, 0.717) is 5.70 Å². The summed E-state index contributed by atoms with van der Waals surface area (Å²) in [4.78, 5) is 21.6. The quantitative estimate of drug-likeness (QED) is 0.618. The Morgan fingerprint density at radius 1 is 1.31 bits per heavy atom. The zero-order valence-corrected chi connectivity index (χ0v) is 8.47. The average molecular weight is 184 g/mol. The Morgan fingerprint density at radius 2 is 1.77 bits per heavy atom. The molecule has 0 heterocycles. The maximum Gasteiger partial charge on any atom is 0.242 e. The van der Waals surface area contributed by atoms with Crippen LogP contribution >= 0.6 is 0 Å². The molecule has 0 aromatic rings. The van der Waals surface area contributed by atoms with Crippen LogP contribution in [0.2, 0.25) is 0 Å². The summed E-state index contributed by atoms with van der Waals surface area (Å²) in [6.07, 6.45) is 1.42. The molecule has 0 rings (SSSR count). The number of nitrogens with two attached hydrogens (primary N) is 1. The second kappa shape index (κ2) is 4.07. The first-order valence-electron chi connectivity index (χ1n) is 4.02. The van der Waals surface area contributed by atoms with E-state index in [1.807, 2.05) is 0 Å². The molecule has 1 amide bonds. The molecule has 0 aromatic heterocycles. The van der Waals surface area contributed by atoms with Gasteiger partial charge in [0.2, 0.25) is 5.91 Å². The minimum Gasteiger partial charge on any atom is -0.375 e. The second-order valence-corrected chi connectivity index (χ2v) is 3.55. The highest BCUT2D eigenvalue weighted by atomic mass is 16.1. The number of nitrogens with one attached hydrogen (secondary N) is 1. The van der Waals surface area contributed by atoms with Crippen LogP contribution in [0.25, 0.3) is 0 Å². The fourth-order valence-corrected chi connectivity index (χ4v) is 0.896. The predicted molar refractivity (Wildman–Crippen MR) is 50.8 cm³/mol. The van der Waals surface area contributed by atoms with Crippen LogP contribution in [0.3, 0.4) is 0 Å². The summed E-state index contributed by atoms with van der Waals surface area (Å²) in [6, 6.07) is 0. The van der Waals surface area contributed by atoms with Gasteiger partial charge < -0.3 is 11.1 Å². The highest BCUT2D eigenvalue weighted by Crippen LogP contribution is 2.03. The highest BCUT2D eigenvalue weighted by molar-refractivity contribution is 5.88. The first kappa shape index (κ1) is 11.7. The standard InChI is InChI=1S/C9H16N2O2/c1-6(5-7(2)12)11-9(3,4)8(10)13/h5,11H,1-4H3,(H2,10,13). The van der Waals surface area contributed by atoms with Gasteiger partial charge >= 0.3 is 0 Å². The minimum atomic E-state index is -0.823. The molecule has 74 valence electrons. The number of ketones is 1. The lowest BCUT2D eigenvalue weighted by Gasteiger charge is -2.23. The Kier molecular flexibility index (Phi) is 3.66. The third kappa shape index (κ3) is 4.30. The van der Waals surface area contributed by atoms with Gasteiger partial charge in [-0.3, -0.25) is 9.59 Å². The molecule has 0 atom stereocenters. The molecule has 13 heavy (non-hydrogen) atoms. The van der Waals surface area contributed by atoms with E-state index >= 15 is 0 Å². The summed E-state index contributed by atoms with van der Waals surface area (Å²) >= 11 is 0. The summed E-state index contributed by atoms with van der Waals surface area (Å²) < 4.78 is 0. The van der Waals surface area contributed by atoms with Crippen LogP contribution in [0.15, 0.2) is 11.8 Å². The first-order chi connectivity index (χ1) is 5.75. The number of carbonyl (C=O) groups excluding carboxylic acids is 2. The van der Waals surface area contributed by atoms with Crippen molar-refractivity contribution in [2.75, 3.05) is 0 Å². The van der Waals surface area contributed by atoms with Crippen molar-refractivity contribution in [1.29, 1.82) is 0 Å². The zero-order chi connectivity index (χ0) is 10.6. The lowest BCUT2D eigenvalue weighted by Crippen LogP contribution is -2.49. The Bertz CT molecular complexity index is 254. The molecule has 0 bridgehead atoms. The van der Waals surface area contributed by atoms with Gasteiger partial charge in [0.05, 0.1) is 0 Å². The van der Waals surface area contributed by atoms with Crippen LogP contribution in [-0.4, -0.2) is 17.2 Å². The molecule has 0 aliphatic rings. The van der Waals surface area contributed by atoms with Crippen LogP contribution in [0.5, 0.6) is 0 Å². The fraction of sp³-hybridized carbons (Fsp3) is 0.556. The van der Waals surface area contributed by atoms with Crippen molar-refractivity contribution in [2.45, 2.75) is 33.2 Å².